The van der Waals surface area contributed by atoms with Gasteiger partial charge in [0, 0.05) is 5.92 Å². The highest BCUT2D eigenvalue weighted by atomic mass is 16.3. The van der Waals surface area contributed by atoms with E-state index in [9.17, 15) is 0 Å². The van der Waals surface area contributed by atoms with Crippen LogP contribution in [0, 0.1) is 24.7 Å². The molecule has 4 unspecified atom stereocenters. The van der Waals surface area contributed by atoms with Crippen LogP contribution in [0.1, 0.15) is 56.5 Å². The largest absolute Gasteiger partial charge is 0.466 e. The van der Waals surface area contributed by atoms with Gasteiger partial charge >= 0.3 is 0 Å². The minimum absolute atomic E-state index is 0.713. The van der Waals surface area contributed by atoms with E-state index in [0.29, 0.717) is 5.92 Å². The van der Waals surface area contributed by atoms with E-state index in [4.69, 9.17) is 4.42 Å². The summed E-state index contributed by atoms with van der Waals surface area (Å²) in [7, 11) is 0. The van der Waals surface area contributed by atoms with E-state index < -0.39 is 0 Å². The van der Waals surface area contributed by atoms with Crippen LogP contribution in [0.25, 0.3) is 0 Å². The molecular formula is C15H22O. The van der Waals surface area contributed by atoms with Gasteiger partial charge < -0.3 is 4.42 Å². The van der Waals surface area contributed by atoms with Crippen molar-refractivity contribution in [2.24, 2.45) is 17.8 Å². The Bertz CT molecular complexity index is 363. The molecule has 1 heteroatoms. The maximum absolute atomic E-state index is 5.88. The molecule has 3 rings (SSSR count). The molecule has 2 saturated carbocycles. The Balaban J connectivity index is 1.88. The molecule has 1 heterocycles. The normalized spacial score (nSPS) is 38.6. The fourth-order valence-corrected chi connectivity index (χ4v) is 4.17. The zero-order chi connectivity index (χ0) is 11.1. The Morgan fingerprint density at radius 2 is 2.00 bits per heavy atom. The van der Waals surface area contributed by atoms with Crippen LogP contribution in [-0.4, -0.2) is 0 Å². The molecule has 2 aliphatic carbocycles. The lowest BCUT2D eigenvalue weighted by Crippen LogP contribution is -2.25. The zero-order valence-corrected chi connectivity index (χ0v) is 10.4. The van der Waals surface area contributed by atoms with E-state index in [1.807, 2.05) is 0 Å². The highest BCUT2D eigenvalue weighted by Crippen LogP contribution is 2.52. The van der Waals surface area contributed by atoms with Crippen molar-refractivity contribution in [2.45, 2.75) is 51.9 Å². The SMILES string of the molecule is Cc1ccc(C2CCCC3CCC(C)C32)o1. The van der Waals surface area contributed by atoms with Gasteiger partial charge in [-0.05, 0) is 49.7 Å². The van der Waals surface area contributed by atoms with Gasteiger partial charge in [-0.15, -0.1) is 0 Å². The van der Waals surface area contributed by atoms with Gasteiger partial charge in [0.15, 0.2) is 0 Å². The van der Waals surface area contributed by atoms with Gasteiger partial charge in [-0.1, -0.05) is 26.2 Å². The third-order valence-electron chi connectivity index (χ3n) is 4.88. The van der Waals surface area contributed by atoms with E-state index in [-0.39, 0.29) is 0 Å². The lowest BCUT2D eigenvalue weighted by atomic mass is 9.70. The summed E-state index contributed by atoms with van der Waals surface area (Å²) < 4.78 is 5.88. The molecule has 88 valence electrons. The fourth-order valence-electron chi connectivity index (χ4n) is 4.17. The van der Waals surface area contributed by atoms with Gasteiger partial charge in [0.2, 0.25) is 0 Å². The first-order valence-electron chi connectivity index (χ1n) is 6.82. The Morgan fingerprint density at radius 3 is 2.75 bits per heavy atom. The Kier molecular flexibility index (Phi) is 2.57. The second-order valence-electron chi connectivity index (χ2n) is 5.88. The molecule has 1 aromatic heterocycles. The van der Waals surface area contributed by atoms with Crippen LogP contribution < -0.4 is 0 Å². The topological polar surface area (TPSA) is 13.1 Å². The predicted octanol–water partition coefficient (Wildman–Crippen LogP) is 4.52. The number of hydrogen-bond donors (Lipinski definition) is 0. The van der Waals surface area contributed by atoms with Crippen LogP contribution >= 0.6 is 0 Å². The number of hydrogen-bond acceptors (Lipinski definition) is 1. The first-order valence-corrected chi connectivity index (χ1v) is 6.82. The maximum Gasteiger partial charge on any atom is 0.107 e. The van der Waals surface area contributed by atoms with E-state index in [2.05, 4.69) is 26.0 Å². The van der Waals surface area contributed by atoms with E-state index in [0.717, 1.165) is 23.5 Å². The van der Waals surface area contributed by atoms with Gasteiger partial charge in [0.25, 0.3) is 0 Å². The second kappa shape index (κ2) is 3.94. The van der Waals surface area contributed by atoms with Crippen molar-refractivity contribution in [3.05, 3.63) is 23.7 Å². The van der Waals surface area contributed by atoms with Crippen molar-refractivity contribution >= 4 is 0 Å². The highest BCUT2D eigenvalue weighted by molar-refractivity contribution is 5.14. The monoisotopic (exact) mass is 218 g/mol. The third kappa shape index (κ3) is 1.61. The number of furan rings is 1. The molecule has 0 aromatic carbocycles. The van der Waals surface area contributed by atoms with Crippen molar-refractivity contribution in [1.82, 2.24) is 0 Å². The summed E-state index contributed by atoms with van der Waals surface area (Å²) in [5, 5.41) is 0. The molecule has 2 fully saturated rings. The predicted molar refractivity (Wildman–Crippen MR) is 65.4 cm³/mol. The van der Waals surface area contributed by atoms with Crippen LogP contribution in [0.15, 0.2) is 16.5 Å². The van der Waals surface area contributed by atoms with Crippen molar-refractivity contribution < 1.29 is 4.42 Å². The van der Waals surface area contributed by atoms with E-state index >= 15 is 0 Å². The summed E-state index contributed by atoms with van der Waals surface area (Å²) in [4.78, 5) is 0. The molecule has 16 heavy (non-hydrogen) atoms. The molecule has 0 aliphatic heterocycles. The van der Waals surface area contributed by atoms with Crippen molar-refractivity contribution in [3.8, 4) is 0 Å². The smallest absolute Gasteiger partial charge is 0.107 e. The Hall–Kier alpha value is -0.720. The van der Waals surface area contributed by atoms with E-state index in [1.54, 1.807) is 0 Å². The molecule has 4 atom stereocenters. The average Bonchev–Trinajstić information content (AvgIpc) is 2.86. The summed E-state index contributed by atoms with van der Waals surface area (Å²) in [6.07, 6.45) is 7.11. The van der Waals surface area contributed by atoms with Crippen molar-refractivity contribution in [2.75, 3.05) is 0 Å². The van der Waals surface area contributed by atoms with E-state index in [1.165, 1.54) is 37.9 Å². The zero-order valence-electron chi connectivity index (χ0n) is 10.4. The molecule has 0 saturated heterocycles. The van der Waals surface area contributed by atoms with Gasteiger partial charge in [0.05, 0.1) is 0 Å². The lowest BCUT2D eigenvalue weighted by Gasteiger charge is -2.35. The molecule has 0 bridgehead atoms. The molecule has 0 amide bonds. The quantitative estimate of drug-likeness (QED) is 0.675. The lowest BCUT2D eigenvalue weighted by molar-refractivity contribution is 0.181. The average molecular weight is 218 g/mol. The third-order valence-corrected chi connectivity index (χ3v) is 4.88. The molecule has 2 aliphatic rings. The van der Waals surface area contributed by atoms with Crippen LogP contribution in [0.4, 0.5) is 0 Å². The molecule has 0 N–H and O–H groups in total. The van der Waals surface area contributed by atoms with Gasteiger partial charge in [-0.2, -0.15) is 0 Å². The summed E-state index contributed by atoms with van der Waals surface area (Å²) in [6.45, 7) is 4.50. The van der Waals surface area contributed by atoms with Gasteiger partial charge in [-0.25, -0.2) is 0 Å². The minimum Gasteiger partial charge on any atom is -0.466 e. The molecule has 0 spiro atoms. The standard InChI is InChI=1S/C15H22O/c1-10-6-8-12-4-3-5-13(15(10)12)14-9-7-11(2)16-14/h7,9-10,12-13,15H,3-6,8H2,1-2H3. The summed E-state index contributed by atoms with van der Waals surface area (Å²) in [5.74, 6) is 5.84. The highest BCUT2D eigenvalue weighted by Gasteiger charge is 2.42. The van der Waals surface area contributed by atoms with Crippen LogP contribution in [0.5, 0.6) is 0 Å². The molecule has 1 aromatic rings. The molecule has 0 radical (unpaired) electrons. The van der Waals surface area contributed by atoms with Gasteiger partial charge in [-0.3, -0.25) is 0 Å². The van der Waals surface area contributed by atoms with Gasteiger partial charge in [0.1, 0.15) is 11.5 Å². The summed E-state index contributed by atoms with van der Waals surface area (Å²) in [6, 6.07) is 4.34. The second-order valence-corrected chi connectivity index (χ2v) is 5.88. The number of rotatable bonds is 1. The van der Waals surface area contributed by atoms with Crippen molar-refractivity contribution in [1.29, 1.82) is 0 Å². The fraction of sp³-hybridized carbons (Fsp3) is 0.733. The first-order chi connectivity index (χ1) is 7.75. The Morgan fingerprint density at radius 1 is 1.12 bits per heavy atom. The summed E-state index contributed by atoms with van der Waals surface area (Å²) in [5.41, 5.74) is 0. The first kappa shape index (κ1) is 10.4. The number of fused-ring (bicyclic) bond motifs is 1. The summed E-state index contributed by atoms with van der Waals surface area (Å²) >= 11 is 0. The maximum atomic E-state index is 5.88. The van der Waals surface area contributed by atoms with Crippen LogP contribution in [-0.2, 0) is 0 Å². The molecular weight excluding hydrogens is 196 g/mol. The Labute approximate surface area is 98.2 Å². The van der Waals surface area contributed by atoms with Crippen LogP contribution in [0.2, 0.25) is 0 Å². The molecule has 1 nitrogen and oxygen atoms in total. The number of aryl methyl sites for hydroxylation is 1. The minimum atomic E-state index is 0.713. The van der Waals surface area contributed by atoms with Crippen LogP contribution in [0.3, 0.4) is 0 Å². The van der Waals surface area contributed by atoms with Crippen molar-refractivity contribution in [3.63, 3.8) is 0 Å².